The van der Waals surface area contributed by atoms with Crippen LogP contribution in [0.25, 0.3) is 6.08 Å². The molecule has 0 fully saturated rings. The minimum Gasteiger partial charge on any atom is -0.490 e. The molecule has 3 aromatic carbocycles. The summed E-state index contributed by atoms with van der Waals surface area (Å²) in [6, 6.07) is 15.3. The molecule has 0 bridgehead atoms. The predicted molar refractivity (Wildman–Crippen MR) is 138 cm³/mol. The molecule has 3 rings (SSSR count). The zero-order valence-corrected chi connectivity index (χ0v) is 20.6. The summed E-state index contributed by atoms with van der Waals surface area (Å²) < 4.78 is 50.8. The number of benzene rings is 3. The molecule has 0 radical (unpaired) electrons. The van der Waals surface area contributed by atoms with Gasteiger partial charge in [-0.2, -0.15) is 18.4 Å². The number of carbonyl (C=O) groups excluding carboxylic acids is 1. The standard InChI is InChI=1S/C28H22F3N3O5/c1-3-8-19-13-18(14-20(17-32)27(35)33-22-9-6-5-7-10-22)15-25(38-4-2)26(19)39-24-12-11-21(28(29,30)31)16-23(24)34(36)37/h3,5-7,9-16H,1,4,8H2,2H3,(H,33,35)/b20-14+. The van der Waals surface area contributed by atoms with Crippen molar-refractivity contribution in [1.82, 2.24) is 0 Å². The second kappa shape index (κ2) is 12.4. The van der Waals surface area contributed by atoms with Gasteiger partial charge in [-0.1, -0.05) is 24.3 Å². The van der Waals surface area contributed by atoms with E-state index >= 15 is 0 Å². The third-order valence-corrected chi connectivity index (χ3v) is 5.22. The number of hydrogen-bond acceptors (Lipinski definition) is 6. The van der Waals surface area contributed by atoms with Crippen LogP contribution < -0.4 is 14.8 Å². The van der Waals surface area contributed by atoms with Crippen LogP contribution in [-0.2, 0) is 17.4 Å². The van der Waals surface area contributed by atoms with Crippen molar-refractivity contribution >= 4 is 23.4 Å². The number of nitrogens with zero attached hydrogens (tertiary/aromatic N) is 2. The van der Waals surface area contributed by atoms with Crippen LogP contribution in [0.2, 0.25) is 0 Å². The molecule has 1 amide bonds. The monoisotopic (exact) mass is 537 g/mol. The minimum atomic E-state index is -4.78. The molecule has 0 atom stereocenters. The number of nitriles is 1. The van der Waals surface area contributed by atoms with Crippen LogP contribution >= 0.6 is 0 Å². The maximum atomic E-state index is 13.1. The molecule has 11 heteroatoms. The number of rotatable bonds is 10. The van der Waals surface area contributed by atoms with Gasteiger partial charge in [-0.3, -0.25) is 14.9 Å². The number of para-hydroxylation sites is 1. The molecule has 0 saturated carbocycles. The fourth-order valence-corrected chi connectivity index (χ4v) is 3.52. The fourth-order valence-electron chi connectivity index (χ4n) is 3.52. The van der Waals surface area contributed by atoms with Gasteiger partial charge in [0.15, 0.2) is 11.5 Å². The van der Waals surface area contributed by atoms with Gasteiger partial charge >= 0.3 is 11.9 Å². The fraction of sp³-hybridized carbons (Fsp3) is 0.143. The summed E-state index contributed by atoms with van der Waals surface area (Å²) in [6.07, 6.45) is -1.77. The molecule has 1 N–H and O–H groups in total. The zero-order valence-electron chi connectivity index (χ0n) is 20.6. The summed E-state index contributed by atoms with van der Waals surface area (Å²) in [4.78, 5) is 23.2. The van der Waals surface area contributed by atoms with E-state index in [1.807, 2.05) is 6.07 Å². The van der Waals surface area contributed by atoms with E-state index in [0.717, 1.165) is 6.07 Å². The first-order valence-corrected chi connectivity index (χ1v) is 11.5. The number of nitro benzene ring substituents is 1. The molecule has 0 aromatic heterocycles. The zero-order chi connectivity index (χ0) is 28.6. The van der Waals surface area contributed by atoms with Gasteiger partial charge in [0.2, 0.25) is 5.75 Å². The van der Waals surface area contributed by atoms with Gasteiger partial charge in [-0.15, -0.1) is 6.58 Å². The first kappa shape index (κ1) is 28.5. The molecular formula is C28H22F3N3O5. The van der Waals surface area contributed by atoms with Gasteiger partial charge in [0.25, 0.3) is 5.91 Å². The van der Waals surface area contributed by atoms with Gasteiger partial charge in [0.1, 0.15) is 11.6 Å². The van der Waals surface area contributed by atoms with E-state index in [2.05, 4.69) is 11.9 Å². The van der Waals surface area contributed by atoms with Gasteiger partial charge in [0.05, 0.1) is 17.1 Å². The third-order valence-electron chi connectivity index (χ3n) is 5.22. The number of ether oxygens (including phenoxy) is 2. The number of halogens is 3. The number of nitrogens with one attached hydrogen (secondary N) is 1. The molecule has 3 aromatic rings. The number of hydrogen-bond donors (Lipinski definition) is 1. The predicted octanol–water partition coefficient (Wildman–Crippen LogP) is 7.08. The van der Waals surface area contributed by atoms with E-state index in [9.17, 15) is 33.3 Å². The topological polar surface area (TPSA) is 114 Å². The van der Waals surface area contributed by atoms with Crippen molar-refractivity contribution in [2.45, 2.75) is 19.5 Å². The van der Waals surface area contributed by atoms with Crippen molar-refractivity contribution in [3.05, 3.63) is 106 Å². The van der Waals surface area contributed by atoms with Crippen molar-refractivity contribution in [2.75, 3.05) is 11.9 Å². The Morgan fingerprint density at radius 3 is 2.46 bits per heavy atom. The first-order valence-electron chi connectivity index (χ1n) is 11.5. The molecule has 8 nitrogen and oxygen atoms in total. The molecule has 39 heavy (non-hydrogen) atoms. The summed E-state index contributed by atoms with van der Waals surface area (Å²) >= 11 is 0. The van der Waals surface area contributed by atoms with E-state index < -0.39 is 34.0 Å². The molecule has 0 spiro atoms. The lowest BCUT2D eigenvalue weighted by atomic mass is 10.0. The summed E-state index contributed by atoms with van der Waals surface area (Å²) in [7, 11) is 0. The average Bonchev–Trinajstić information content (AvgIpc) is 2.89. The van der Waals surface area contributed by atoms with E-state index in [1.54, 1.807) is 43.3 Å². The highest BCUT2D eigenvalue weighted by Gasteiger charge is 2.33. The van der Waals surface area contributed by atoms with E-state index in [0.29, 0.717) is 28.9 Å². The van der Waals surface area contributed by atoms with Crippen LogP contribution in [0.15, 0.2) is 78.9 Å². The number of alkyl halides is 3. The highest BCUT2D eigenvalue weighted by Crippen LogP contribution is 2.42. The number of carbonyl (C=O) groups is 1. The molecular weight excluding hydrogens is 515 g/mol. The number of allylic oxidation sites excluding steroid dienone is 1. The molecule has 0 unspecified atom stereocenters. The smallest absolute Gasteiger partial charge is 0.416 e. The lowest BCUT2D eigenvalue weighted by Crippen LogP contribution is -2.13. The maximum absolute atomic E-state index is 13.1. The van der Waals surface area contributed by atoms with Crippen LogP contribution in [0.3, 0.4) is 0 Å². The Balaban J connectivity index is 2.07. The Labute approximate surface area is 221 Å². The molecule has 0 aliphatic heterocycles. The van der Waals surface area contributed by atoms with E-state index in [-0.39, 0.29) is 30.1 Å². The molecule has 200 valence electrons. The van der Waals surface area contributed by atoms with Gasteiger partial charge in [0, 0.05) is 17.3 Å². The maximum Gasteiger partial charge on any atom is 0.416 e. The largest absolute Gasteiger partial charge is 0.490 e. The van der Waals surface area contributed by atoms with Crippen LogP contribution in [0.5, 0.6) is 17.2 Å². The van der Waals surface area contributed by atoms with Crippen molar-refractivity contribution in [3.8, 4) is 23.3 Å². The van der Waals surface area contributed by atoms with Crippen LogP contribution in [-0.4, -0.2) is 17.4 Å². The number of anilines is 1. The van der Waals surface area contributed by atoms with Crippen LogP contribution in [0, 0.1) is 21.4 Å². The summed E-state index contributed by atoms with van der Waals surface area (Å²) in [5, 5.41) is 23.8. The van der Waals surface area contributed by atoms with E-state index in [4.69, 9.17) is 9.47 Å². The molecule has 0 aliphatic rings. The molecule has 0 aliphatic carbocycles. The van der Waals surface area contributed by atoms with Gasteiger partial charge in [-0.05, 0) is 61.4 Å². The van der Waals surface area contributed by atoms with Gasteiger partial charge < -0.3 is 14.8 Å². The summed E-state index contributed by atoms with van der Waals surface area (Å²) in [6.45, 7) is 5.50. The average molecular weight is 537 g/mol. The highest BCUT2D eigenvalue weighted by molar-refractivity contribution is 6.09. The lowest BCUT2D eigenvalue weighted by molar-refractivity contribution is -0.385. The quantitative estimate of drug-likeness (QED) is 0.0972. The molecule has 0 saturated heterocycles. The second-order valence-corrected chi connectivity index (χ2v) is 7.96. The summed E-state index contributed by atoms with van der Waals surface area (Å²) in [5.41, 5.74) is -1.02. The summed E-state index contributed by atoms with van der Waals surface area (Å²) in [5.74, 6) is -0.961. The number of amides is 1. The van der Waals surface area contributed by atoms with Crippen molar-refractivity contribution in [1.29, 1.82) is 5.26 Å². The van der Waals surface area contributed by atoms with Crippen molar-refractivity contribution in [2.24, 2.45) is 0 Å². The third kappa shape index (κ3) is 7.23. The van der Waals surface area contributed by atoms with E-state index in [1.165, 1.54) is 18.2 Å². The Hall–Kier alpha value is -5.11. The Morgan fingerprint density at radius 1 is 1.15 bits per heavy atom. The minimum absolute atomic E-state index is 0.0176. The Morgan fingerprint density at radius 2 is 1.87 bits per heavy atom. The second-order valence-electron chi connectivity index (χ2n) is 7.96. The highest BCUT2D eigenvalue weighted by atomic mass is 19.4. The Kier molecular flexibility index (Phi) is 9.07. The SMILES string of the molecule is C=CCc1cc(/C=C(\C#N)C(=O)Nc2ccccc2)cc(OCC)c1Oc1ccc(C(F)(F)F)cc1[N+](=O)[O-]. The lowest BCUT2D eigenvalue weighted by Gasteiger charge is -2.17. The van der Waals surface area contributed by atoms with Crippen molar-refractivity contribution < 1.29 is 32.4 Å². The number of nitro groups is 1. The first-order chi connectivity index (χ1) is 18.6. The van der Waals surface area contributed by atoms with Gasteiger partial charge in [-0.25, -0.2) is 0 Å². The van der Waals surface area contributed by atoms with Crippen LogP contribution in [0.4, 0.5) is 24.5 Å². The van der Waals surface area contributed by atoms with Crippen molar-refractivity contribution in [3.63, 3.8) is 0 Å². The van der Waals surface area contributed by atoms with Crippen LogP contribution in [0.1, 0.15) is 23.6 Å². The normalized spacial score (nSPS) is 11.3. The molecule has 0 heterocycles. The Bertz CT molecular complexity index is 1460.